The Bertz CT molecular complexity index is 1390. The Morgan fingerprint density at radius 1 is 1.00 bits per heavy atom. The van der Waals surface area contributed by atoms with E-state index in [4.69, 9.17) is 4.74 Å². The predicted molar refractivity (Wildman–Crippen MR) is 134 cm³/mol. The summed E-state index contributed by atoms with van der Waals surface area (Å²) in [5.41, 5.74) is 7.04. The second-order valence-corrected chi connectivity index (χ2v) is 8.64. The van der Waals surface area contributed by atoms with Crippen LogP contribution >= 0.6 is 0 Å². The molecule has 34 heavy (non-hydrogen) atoms. The fraction of sp³-hybridized carbons (Fsp3) is 0.241. The number of carbonyl (C=O) groups excluding carboxylic acids is 2. The Hall–Kier alpha value is -3.86. The highest BCUT2D eigenvalue weighted by atomic mass is 16.5. The predicted octanol–water partition coefficient (Wildman–Crippen LogP) is 5.06. The lowest BCUT2D eigenvalue weighted by atomic mass is 9.90. The molecule has 0 unspecified atom stereocenters. The molecular formula is C29H28N2O3. The topological polar surface area (TPSA) is 60.3 Å². The Morgan fingerprint density at radius 2 is 1.74 bits per heavy atom. The normalized spacial score (nSPS) is 12.9. The molecule has 0 radical (unpaired) electrons. The fourth-order valence-corrected chi connectivity index (χ4v) is 5.12. The average molecular weight is 453 g/mol. The molecule has 172 valence electrons. The van der Waals surface area contributed by atoms with Gasteiger partial charge >= 0.3 is 5.97 Å². The lowest BCUT2D eigenvalue weighted by Crippen LogP contribution is -2.33. The number of hydrogen-bond acceptors (Lipinski definition) is 3. The van der Waals surface area contributed by atoms with E-state index in [1.54, 1.807) is 6.92 Å². The standard InChI is InChI=1S/C29H28N2O3/c1-3-34-27(32)18-31-19(2)25(28-26(31)15-16-30-29(28)33)17-21-10-5-7-13-23(21)24-14-8-11-20-9-4-6-12-22(20)24/h4-14H,3,15-18H2,1-2H3,(H,30,33). The maximum atomic E-state index is 13.0. The number of ether oxygens (including phenoxy) is 1. The lowest BCUT2D eigenvalue weighted by Gasteiger charge is -2.17. The van der Waals surface area contributed by atoms with Gasteiger partial charge in [-0.2, -0.15) is 0 Å². The summed E-state index contributed by atoms with van der Waals surface area (Å²) >= 11 is 0. The van der Waals surface area contributed by atoms with Crippen molar-refractivity contribution >= 4 is 22.6 Å². The maximum Gasteiger partial charge on any atom is 0.325 e. The lowest BCUT2D eigenvalue weighted by molar-refractivity contribution is -0.143. The summed E-state index contributed by atoms with van der Waals surface area (Å²) in [6.45, 7) is 4.84. The van der Waals surface area contributed by atoms with Crippen LogP contribution in [-0.2, 0) is 28.9 Å². The Morgan fingerprint density at radius 3 is 2.59 bits per heavy atom. The van der Waals surface area contributed by atoms with Crippen LogP contribution in [0, 0.1) is 6.92 Å². The minimum Gasteiger partial charge on any atom is -0.465 e. The van der Waals surface area contributed by atoms with Gasteiger partial charge in [-0.1, -0.05) is 66.7 Å². The van der Waals surface area contributed by atoms with Crippen LogP contribution in [0.4, 0.5) is 0 Å². The van der Waals surface area contributed by atoms with Crippen molar-refractivity contribution in [3.8, 4) is 11.1 Å². The molecule has 3 aromatic carbocycles. The van der Waals surface area contributed by atoms with Gasteiger partial charge in [-0.15, -0.1) is 0 Å². The van der Waals surface area contributed by atoms with Gasteiger partial charge in [0.25, 0.3) is 5.91 Å². The van der Waals surface area contributed by atoms with Crippen molar-refractivity contribution in [3.05, 3.63) is 94.8 Å². The van der Waals surface area contributed by atoms with Gasteiger partial charge < -0.3 is 14.6 Å². The zero-order chi connectivity index (χ0) is 23.7. The third-order valence-electron chi connectivity index (χ3n) is 6.69. The molecule has 0 saturated carbocycles. The zero-order valence-electron chi connectivity index (χ0n) is 19.6. The van der Waals surface area contributed by atoms with Crippen molar-refractivity contribution in [3.63, 3.8) is 0 Å². The van der Waals surface area contributed by atoms with Crippen molar-refractivity contribution in [2.75, 3.05) is 13.2 Å². The molecule has 5 nitrogen and oxygen atoms in total. The van der Waals surface area contributed by atoms with Gasteiger partial charge in [0.05, 0.1) is 12.2 Å². The Balaban J connectivity index is 1.62. The van der Waals surface area contributed by atoms with Gasteiger partial charge in [0.15, 0.2) is 0 Å². The van der Waals surface area contributed by atoms with Crippen molar-refractivity contribution in [1.82, 2.24) is 9.88 Å². The van der Waals surface area contributed by atoms with Gasteiger partial charge in [0, 0.05) is 30.8 Å². The van der Waals surface area contributed by atoms with E-state index in [0.717, 1.165) is 28.1 Å². The van der Waals surface area contributed by atoms with E-state index in [9.17, 15) is 9.59 Å². The van der Waals surface area contributed by atoms with Crippen LogP contribution in [0.15, 0.2) is 66.7 Å². The first-order chi connectivity index (χ1) is 16.6. The van der Waals surface area contributed by atoms with E-state index in [1.807, 2.05) is 17.6 Å². The molecule has 4 aromatic rings. The van der Waals surface area contributed by atoms with Gasteiger partial charge in [0.1, 0.15) is 6.54 Å². The molecule has 0 aliphatic carbocycles. The highest BCUT2D eigenvalue weighted by molar-refractivity contribution is 5.99. The van der Waals surface area contributed by atoms with Crippen LogP contribution in [0.1, 0.15) is 39.8 Å². The van der Waals surface area contributed by atoms with Crippen LogP contribution < -0.4 is 5.32 Å². The number of nitrogens with one attached hydrogen (secondary N) is 1. The Kier molecular flexibility index (Phi) is 5.93. The molecule has 5 heteroatoms. The molecule has 0 saturated heterocycles. The molecule has 5 rings (SSSR count). The molecule has 0 fully saturated rings. The number of aromatic nitrogens is 1. The number of carbonyl (C=O) groups is 2. The smallest absolute Gasteiger partial charge is 0.325 e. The summed E-state index contributed by atoms with van der Waals surface area (Å²) in [6, 6.07) is 23.1. The van der Waals surface area contributed by atoms with Crippen LogP contribution in [0.5, 0.6) is 0 Å². The minimum atomic E-state index is -0.280. The number of fused-ring (bicyclic) bond motifs is 2. The Labute approximate surface area is 199 Å². The monoisotopic (exact) mass is 452 g/mol. The quantitative estimate of drug-likeness (QED) is 0.416. The van der Waals surface area contributed by atoms with Crippen molar-refractivity contribution in [2.24, 2.45) is 0 Å². The van der Waals surface area contributed by atoms with Crippen molar-refractivity contribution in [1.29, 1.82) is 0 Å². The van der Waals surface area contributed by atoms with Crippen LogP contribution in [-0.4, -0.2) is 29.6 Å². The summed E-state index contributed by atoms with van der Waals surface area (Å²) in [6.07, 6.45) is 1.31. The van der Waals surface area contributed by atoms with E-state index >= 15 is 0 Å². The number of rotatable bonds is 6. The van der Waals surface area contributed by atoms with Crippen LogP contribution in [0.25, 0.3) is 21.9 Å². The van der Waals surface area contributed by atoms with E-state index < -0.39 is 0 Å². The second kappa shape index (κ2) is 9.18. The molecule has 1 aliphatic rings. The third-order valence-corrected chi connectivity index (χ3v) is 6.69. The largest absolute Gasteiger partial charge is 0.465 e. The zero-order valence-corrected chi connectivity index (χ0v) is 19.6. The highest BCUT2D eigenvalue weighted by Gasteiger charge is 2.29. The molecule has 0 bridgehead atoms. The van der Waals surface area contributed by atoms with Crippen molar-refractivity contribution < 1.29 is 14.3 Å². The summed E-state index contributed by atoms with van der Waals surface area (Å²) < 4.78 is 7.18. The van der Waals surface area contributed by atoms with E-state index in [-0.39, 0.29) is 18.4 Å². The van der Waals surface area contributed by atoms with Crippen LogP contribution in [0.2, 0.25) is 0 Å². The number of amides is 1. The van der Waals surface area contributed by atoms with Gasteiger partial charge in [-0.05, 0) is 46.9 Å². The third kappa shape index (κ3) is 3.87. The number of esters is 1. The van der Waals surface area contributed by atoms with E-state index in [1.165, 1.54) is 16.3 Å². The first kappa shape index (κ1) is 22.0. The van der Waals surface area contributed by atoms with Crippen LogP contribution in [0.3, 0.4) is 0 Å². The molecule has 1 N–H and O–H groups in total. The summed E-state index contributed by atoms with van der Waals surface area (Å²) in [7, 11) is 0. The number of nitrogens with zero attached hydrogens (tertiary/aromatic N) is 1. The number of benzene rings is 3. The highest BCUT2D eigenvalue weighted by Crippen LogP contribution is 2.34. The molecule has 0 atom stereocenters. The van der Waals surface area contributed by atoms with Gasteiger partial charge in [-0.25, -0.2) is 0 Å². The fourth-order valence-electron chi connectivity index (χ4n) is 5.12. The first-order valence-electron chi connectivity index (χ1n) is 11.8. The maximum absolute atomic E-state index is 13.0. The molecule has 1 aromatic heterocycles. The first-order valence-corrected chi connectivity index (χ1v) is 11.8. The molecule has 1 amide bonds. The number of hydrogen-bond donors (Lipinski definition) is 1. The average Bonchev–Trinajstić information content (AvgIpc) is 3.11. The molecular weight excluding hydrogens is 424 g/mol. The summed E-state index contributed by atoms with van der Waals surface area (Å²) in [5.74, 6) is -0.346. The molecule has 1 aliphatic heterocycles. The van der Waals surface area contributed by atoms with E-state index in [0.29, 0.717) is 31.6 Å². The second-order valence-electron chi connectivity index (χ2n) is 8.64. The summed E-state index contributed by atoms with van der Waals surface area (Å²) in [4.78, 5) is 25.3. The van der Waals surface area contributed by atoms with Gasteiger partial charge in [0.2, 0.25) is 0 Å². The minimum absolute atomic E-state index is 0.0652. The van der Waals surface area contributed by atoms with Gasteiger partial charge in [-0.3, -0.25) is 9.59 Å². The van der Waals surface area contributed by atoms with E-state index in [2.05, 4.69) is 66.0 Å². The SMILES string of the molecule is CCOC(=O)Cn1c(C)c(Cc2ccccc2-c2cccc3ccccc23)c2c1CCNC2=O. The summed E-state index contributed by atoms with van der Waals surface area (Å²) in [5, 5.41) is 5.39. The molecule has 2 heterocycles. The van der Waals surface area contributed by atoms with Crippen molar-refractivity contribution in [2.45, 2.75) is 33.2 Å². The molecule has 0 spiro atoms.